The summed E-state index contributed by atoms with van der Waals surface area (Å²) in [4.78, 5) is 27.4. The van der Waals surface area contributed by atoms with Crippen LogP contribution in [0, 0.1) is 5.92 Å². The molecule has 3 aromatic rings. The normalized spacial score (nSPS) is 16.7. The Morgan fingerprint density at radius 2 is 1.65 bits per heavy atom. The maximum Gasteiger partial charge on any atom is 0.227 e. The highest BCUT2D eigenvalue weighted by atomic mass is 16.5. The summed E-state index contributed by atoms with van der Waals surface area (Å²) in [7, 11) is 1.61. The Morgan fingerprint density at radius 3 is 2.29 bits per heavy atom. The Labute approximate surface area is 182 Å². The SMILES string of the molecule is COc1ccc(N2C[C@H](C(=O)N[C@H](Cc3ccccc3)c3ccccc3)CC2=O)cc1. The lowest BCUT2D eigenvalue weighted by atomic mass is 9.97. The molecule has 0 radical (unpaired) electrons. The monoisotopic (exact) mass is 414 g/mol. The van der Waals surface area contributed by atoms with E-state index in [0.717, 1.165) is 22.6 Å². The summed E-state index contributed by atoms with van der Waals surface area (Å²) in [5.41, 5.74) is 2.99. The molecule has 0 spiro atoms. The second kappa shape index (κ2) is 9.47. The molecular weight excluding hydrogens is 388 g/mol. The fourth-order valence-corrected chi connectivity index (χ4v) is 3.97. The number of anilines is 1. The Hall–Kier alpha value is -3.60. The topological polar surface area (TPSA) is 58.6 Å². The molecule has 158 valence electrons. The Balaban J connectivity index is 1.47. The zero-order chi connectivity index (χ0) is 21.6. The van der Waals surface area contributed by atoms with Gasteiger partial charge in [0.25, 0.3) is 0 Å². The van der Waals surface area contributed by atoms with Gasteiger partial charge in [-0.15, -0.1) is 0 Å². The quantitative estimate of drug-likeness (QED) is 0.632. The van der Waals surface area contributed by atoms with Gasteiger partial charge >= 0.3 is 0 Å². The average molecular weight is 415 g/mol. The van der Waals surface area contributed by atoms with Crippen molar-refractivity contribution in [2.24, 2.45) is 5.92 Å². The number of nitrogens with one attached hydrogen (secondary N) is 1. The van der Waals surface area contributed by atoms with Crippen LogP contribution >= 0.6 is 0 Å². The predicted octanol–water partition coefficient (Wildman–Crippen LogP) is 4.15. The fraction of sp³-hybridized carbons (Fsp3) is 0.231. The van der Waals surface area contributed by atoms with Gasteiger partial charge in [-0.25, -0.2) is 0 Å². The van der Waals surface area contributed by atoms with Crippen molar-refractivity contribution in [1.82, 2.24) is 5.32 Å². The van der Waals surface area contributed by atoms with Gasteiger partial charge in [0.2, 0.25) is 11.8 Å². The highest BCUT2D eigenvalue weighted by molar-refractivity contribution is 6.00. The van der Waals surface area contributed by atoms with Crippen LogP contribution in [0.15, 0.2) is 84.9 Å². The maximum atomic E-state index is 13.1. The molecule has 1 N–H and O–H groups in total. The smallest absolute Gasteiger partial charge is 0.227 e. The summed E-state index contributed by atoms with van der Waals surface area (Å²) in [5, 5.41) is 3.20. The van der Waals surface area contributed by atoms with Gasteiger partial charge in [-0.2, -0.15) is 0 Å². The van der Waals surface area contributed by atoms with Crippen LogP contribution in [0.25, 0.3) is 0 Å². The Morgan fingerprint density at radius 1 is 1.00 bits per heavy atom. The van der Waals surface area contributed by atoms with E-state index in [4.69, 9.17) is 4.74 Å². The predicted molar refractivity (Wildman–Crippen MR) is 121 cm³/mol. The number of rotatable bonds is 7. The van der Waals surface area contributed by atoms with Gasteiger partial charge in [0.1, 0.15) is 5.75 Å². The minimum absolute atomic E-state index is 0.0374. The second-order valence-corrected chi connectivity index (χ2v) is 7.76. The molecule has 1 heterocycles. The fourth-order valence-electron chi connectivity index (χ4n) is 3.97. The van der Waals surface area contributed by atoms with Gasteiger partial charge in [0.15, 0.2) is 0 Å². The number of ether oxygens (including phenoxy) is 1. The zero-order valence-corrected chi connectivity index (χ0v) is 17.5. The Kier molecular flexibility index (Phi) is 6.32. The number of carbonyl (C=O) groups excluding carboxylic acids is 2. The van der Waals surface area contributed by atoms with Crippen molar-refractivity contribution in [3.63, 3.8) is 0 Å². The first-order valence-electron chi connectivity index (χ1n) is 10.5. The van der Waals surface area contributed by atoms with E-state index in [1.165, 1.54) is 0 Å². The molecule has 0 unspecified atom stereocenters. The lowest BCUT2D eigenvalue weighted by molar-refractivity contribution is -0.127. The number of carbonyl (C=O) groups is 2. The molecule has 0 saturated carbocycles. The molecular formula is C26H26N2O3. The molecule has 0 aliphatic carbocycles. The van der Waals surface area contributed by atoms with E-state index >= 15 is 0 Å². The van der Waals surface area contributed by atoms with E-state index in [2.05, 4.69) is 17.4 Å². The molecule has 4 rings (SSSR count). The molecule has 31 heavy (non-hydrogen) atoms. The van der Waals surface area contributed by atoms with Gasteiger partial charge in [-0.05, 0) is 41.8 Å². The standard InChI is InChI=1S/C26H26N2O3/c1-31-23-14-12-22(13-15-23)28-18-21(17-25(28)29)26(30)27-24(20-10-6-3-7-11-20)16-19-8-4-2-5-9-19/h2-15,21,24H,16-18H2,1H3,(H,27,30)/t21-,24-/m1/s1. The molecule has 2 atom stereocenters. The zero-order valence-electron chi connectivity index (χ0n) is 17.5. The average Bonchev–Trinajstić information content (AvgIpc) is 3.21. The van der Waals surface area contributed by atoms with Crippen LogP contribution in [-0.4, -0.2) is 25.5 Å². The van der Waals surface area contributed by atoms with Gasteiger partial charge in [0.05, 0.1) is 19.1 Å². The van der Waals surface area contributed by atoms with Crippen LogP contribution in [0.4, 0.5) is 5.69 Å². The molecule has 1 saturated heterocycles. The van der Waals surface area contributed by atoms with E-state index < -0.39 is 0 Å². The first-order chi connectivity index (χ1) is 15.1. The van der Waals surface area contributed by atoms with Crippen molar-refractivity contribution in [3.05, 3.63) is 96.1 Å². The summed E-state index contributed by atoms with van der Waals surface area (Å²) >= 11 is 0. The molecule has 0 bridgehead atoms. The van der Waals surface area contributed by atoms with Crippen molar-refractivity contribution < 1.29 is 14.3 Å². The van der Waals surface area contributed by atoms with Crippen LogP contribution in [0.2, 0.25) is 0 Å². The molecule has 5 nitrogen and oxygen atoms in total. The number of hydrogen-bond acceptors (Lipinski definition) is 3. The summed E-state index contributed by atoms with van der Waals surface area (Å²) in [6.45, 7) is 0.379. The number of methoxy groups -OCH3 is 1. The van der Waals surface area contributed by atoms with Crippen LogP contribution in [-0.2, 0) is 16.0 Å². The molecule has 1 fully saturated rings. The van der Waals surface area contributed by atoms with Gasteiger partial charge in [-0.1, -0.05) is 60.7 Å². The third kappa shape index (κ3) is 4.94. The van der Waals surface area contributed by atoms with Crippen LogP contribution in [0.3, 0.4) is 0 Å². The van der Waals surface area contributed by atoms with E-state index in [9.17, 15) is 9.59 Å². The first kappa shape index (κ1) is 20.7. The van der Waals surface area contributed by atoms with Crippen LogP contribution in [0.5, 0.6) is 5.75 Å². The molecule has 1 aliphatic heterocycles. The second-order valence-electron chi connectivity index (χ2n) is 7.76. The van der Waals surface area contributed by atoms with Crippen LogP contribution in [0.1, 0.15) is 23.6 Å². The minimum atomic E-state index is -0.378. The molecule has 5 heteroatoms. The van der Waals surface area contributed by atoms with E-state index in [1.54, 1.807) is 12.0 Å². The van der Waals surface area contributed by atoms with Crippen LogP contribution < -0.4 is 15.0 Å². The summed E-state index contributed by atoms with van der Waals surface area (Å²) in [5.74, 6) is 0.228. The maximum absolute atomic E-state index is 13.1. The van der Waals surface area contributed by atoms with E-state index in [1.807, 2.05) is 72.8 Å². The number of benzene rings is 3. The van der Waals surface area contributed by atoms with E-state index in [-0.39, 0.29) is 30.2 Å². The van der Waals surface area contributed by atoms with Crippen molar-refractivity contribution in [1.29, 1.82) is 0 Å². The van der Waals surface area contributed by atoms with Crippen molar-refractivity contribution in [3.8, 4) is 5.75 Å². The number of amides is 2. The third-order valence-electron chi connectivity index (χ3n) is 5.68. The van der Waals surface area contributed by atoms with Gasteiger partial charge in [-0.3, -0.25) is 9.59 Å². The highest BCUT2D eigenvalue weighted by Crippen LogP contribution is 2.28. The number of hydrogen-bond donors (Lipinski definition) is 1. The van der Waals surface area contributed by atoms with E-state index in [0.29, 0.717) is 13.0 Å². The first-order valence-corrected chi connectivity index (χ1v) is 10.5. The largest absolute Gasteiger partial charge is 0.497 e. The lowest BCUT2D eigenvalue weighted by Crippen LogP contribution is -2.36. The molecule has 2 amide bonds. The van der Waals surface area contributed by atoms with Crippen molar-refractivity contribution in [2.75, 3.05) is 18.6 Å². The van der Waals surface area contributed by atoms with Crippen molar-refractivity contribution >= 4 is 17.5 Å². The molecule has 3 aromatic carbocycles. The van der Waals surface area contributed by atoms with Gasteiger partial charge < -0.3 is 15.0 Å². The summed E-state index contributed by atoms with van der Waals surface area (Å²) < 4.78 is 5.19. The Bertz CT molecular complexity index is 1020. The third-order valence-corrected chi connectivity index (χ3v) is 5.68. The van der Waals surface area contributed by atoms with Crippen molar-refractivity contribution in [2.45, 2.75) is 18.9 Å². The highest BCUT2D eigenvalue weighted by Gasteiger charge is 2.36. The lowest BCUT2D eigenvalue weighted by Gasteiger charge is -2.22. The minimum Gasteiger partial charge on any atom is -0.497 e. The molecule has 1 aliphatic rings. The molecule has 0 aromatic heterocycles. The van der Waals surface area contributed by atoms with Gasteiger partial charge in [0, 0.05) is 18.7 Å². The summed E-state index contributed by atoms with van der Waals surface area (Å²) in [6, 6.07) is 27.3. The number of nitrogens with zero attached hydrogens (tertiary/aromatic N) is 1. The summed E-state index contributed by atoms with van der Waals surface area (Å²) in [6.07, 6.45) is 0.907.